The maximum atomic E-state index is 11.9. The van der Waals surface area contributed by atoms with Crippen LogP contribution < -0.4 is 4.72 Å². The normalized spacial score (nSPS) is 11.9. The van der Waals surface area contributed by atoms with E-state index >= 15 is 0 Å². The summed E-state index contributed by atoms with van der Waals surface area (Å²) in [5, 5.41) is 6.84. The van der Waals surface area contributed by atoms with Crippen LogP contribution in [0.1, 0.15) is 19.8 Å². The molecule has 1 aromatic carbocycles. The van der Waals surface area contributed by atoms with Crippen molar-refractivity contribution >= 4 is 43.9 Å². The summed E-state index contributed by atoms with van der Waals surface area (Å²) in [6, 6.07) is 7.37. The number of sulfonamides is 1. The number of halogens is 1. The highest BCUT2D eigenvalue weighted by Gasteiger charge is 2.16. The molecule has 122 valence electrons. The molecule has 3 rings (SSSR count). The molecule has 0 saturated carbocycles. The van der Waals surface area contributed by atoms with Gasteiger partial charge in [0.25, 0.3) is 5.95 Å². The van der Waals surface area contributed by atoms with Crippen molar-refractivity contribution in [2.45, 2.75) is 19.8 Å². The lowest BCUT2D eigenvalue weighted by atomic mass is 10.2. The van der Waals surface area contributed by atoms with Gasteiger partial charge in [-0.25, -0.2) is 17.7 Å². The van der Waals surface area contributed by atoms with Gasteiger partial charge in [0, 0.05) is 16.0 Å². The third kappa shape index (κ3) is 3.65. The molecule has 23 heavy (non-hydrogen) atoms. The van der Waals surface area contributed by atoms with Gasteiger partial charge in [0.1, 0.15) is 0 Å². The van der Waals surface area contributed by atoms with Crippen molar-refractivity contribution in [3.63, 3.8) is 0 Å². The van der Waals surface area contributed by atoms with Gasteiger partial charge in [0.15, 0.2) is 0 Å². The molecule has 9 heteroatoms. The van der Waals surface area contributed by atoms with Gasteiger partial charge in [-0.2, -0.15) is 4.98 Å². The zero-order valence-electron chi connectivity index (χ0n) is 12.4. The molecule has 0 aliphatic heterocycles. The lowest BCUT2D eigenvalue weighted by Gasteiger charge is -2.02. The molecule has 0 fully saturated rings. The van der Waals surface area contributed by atoms with Crippen LogP contribution in [-0.4, -0.2) is 28.8 Å². The van der Waals surface area contributed by atoms with Crippen molar-refractivity contribution in [2.24, 2.45) is 0 Å². The molecule has 0 saturated heterocycles. The first-order valence-corrected chi connectivity index (χ1v) is 10.0. The van der Waals surface area contributed by atoms with Crippen LogP contribution in [0.5, 0.6) is 0 Å². The van der Waals surface area contributed by atoms with Crippen molar-refractivity contribution in [3.05, 3.63) is 34.7 Å². The maximum absolute atomic E-state index is 11.9. The fraction of sp³-hybridized carbons (Fsp3) is 0.286. The number of nitrogens with zero attached hydrogens (tertiary/aromatic N) is 3. The number of thiazole rings is 1. The topological polar surface area (TPSA) is 76.4 Å². The summed E-state index contributed by atoms with van der Waals surface area (Å²) in [6.45, 7) is 1.94. The fourth-order valence-corrected chi connectivity index (χ4v) is 4.16. The van der Waals surface area contributed by atoms with Crippen molar-refractivity contribution in [1.82, 2.24) is 14.6 Å². The summed E-state index contributed by atoms with van der Waals surface area (Å²) in [6.07, 6.45) is 1.42. The van der Waals surface area contributed by atoms with Crippen LogP contribution in [0.3, 0.4) is 0 Å². The smallest absolute Gasteiger partial charge is 0.250 e. The maximum Gasteiger partial charge on any atom is 0.257 e. The third-order valence-electron chi connectivity index (χ3n) is 3.24. The van der Waals surface area contributed by atoms with E-state index in [1.54, 1.807) is 16.6 Å². The van der Waals surface area contributed by atoms with Gasteiger partial charge in [0.05, 0.1) is 11.4 Å². The van der Waals surface area contributed by atoms with Crippen molar-refractivity contribution in [3.8, 4) is 11.3 Å². The van der Waals surface area contributed by atoms with E-state index in [-0.39, 0.29) is 11.7 Å². The van der Waals surface area contributed by atoms with Crippen LogP contribution in [0, 0.1) is 0 Å². The van der Waals surface area contributed by atoms with Crippen LogP contribution in [0.4, 0.5) is 5.95 Å². The summed E-state index contributed by atoms with van der Waals surface area (Å²) in [5.41, 5.74) is 1.78. The Balaban J connectivity index is 1.90. The Morgan fingerprint density at radius 1 is 1.30 bits per heavy atom. The first-order valence-electron chi connectivity index (χ1n) is 7.09. The van der Waals surface area contributed by atoms with Crippen molar-refractivity contribution < 1.29 is 8.42 Å². The van der Waals surface area contributed by atoms with Gasteiger partial charge in [-0.05, 0) is 18.6 Å². The van der Waals surface area contributed by atoms with E-state index in [0.29, 0.717) is 16.4 Å². The van der Waals surface area contributed by atoms with Crippen LogP contribution >= 0.6 is 22.9 Å². The minimum atomic E-state index is -3.41. The second-order valence-corrected chi connectivity index (χ2v) is 8.15. The van der Waals surface area contributed by atoms with E-state index in [1.165, 1.54) is 11.3 Å². The molecule has 0 bridgehead atoms. The predicted octanol–water partition coefficient (Wildman–Crippen LogP) is 3.65. The number of aromatic nitrogens is 3. The second-order valence-electron chi connectivity index (χ2n) is 5.03. The SMILES string of the molecule is CCCCS(=O)(=O)Nc1nc2scc(-c3ccc(Cl)cc3)n2n1. The van der Waals surface area contributed by atoms with E-state index in [4.69, 9.17) is 11.6 Å². The minimum absolute atomic E-state index is 0.0698. The Morgan fingerprint density at radius 2 is 2.04 bits per heavy atom. The number of hydrogen-bond acceptors (Lipinski definition) is 5. The average Bonchev–Trinajstić information content (AvgIpc) is 3.05. The highest BCUT2D eigenvalue weighted by atomic mass is 35.5. The largest absolute Gasteiger partial charge is 0.257 e. The molecule has 1 N–H and O–H groups in total. The molecule has 2 heterocycles. The Hall–Kier alpha value is -1.64. The standard InChI is InChI=1S/C14H15ClN4O2S2/c1-2-3-8-23(20,21)18-13-16-14-19(17-13)12(9-22-14)10-4-6-11(15)7-5-10/h4-7,9H,2-3,8H2,1H3,(H,17,18). The van der Waals surface area contributed by atoms with Crippen LogP contribution in [-0.2, 0) is 10.0 Å². The summed E-state index contributed by atoms with van der Waals surface area (Å²) < 4.78 is 27.9. The first-order chi connectivity index (χ1) is 11.0. The van der Waals surface area contributed by atoms with Gasteiger partial charge < -0.3 is 0 Å². The van der Waals surface area contributed by atoms with Gasteiger partial charge in [-0.3, -0.25) is 0 Å². The Morgan fingerprint density at radius 3 is 2.74 bits per heavy atom. The lowest BCUT2D eigenvalue weighted by molar-refractivity contribution is 0.597. The minimum Gasteiger partial charge on any atom is -0.250 e. The Bertz CT molecular complexity index is 916. The van der Waals surface area contributed by atoms with E-state index in [1.807, 2.05) is 24.4 Å². The van der Waals surface area contributed by atoms with E-state index < -0.39 is 10.0 Å². The number of hydrogen-bond donors (Lipinski definition) is 1. The highest BCUT2D eigenvalue weighted by Crippen LogP contribution is 2.27. The molecular weight excluding hydrogens is 356 g/mol. The summed E-state index contributed by atoms with van der Waals surface area (Å²) in [5.74, 6) is 0.170. The van der Waals surface area contributed by atoms with E-state index in [0.717, 1.165) is 17.7 Å². The van der Waals surface area contributed by atoms with Crippen molar-refractivity contribution in [2.75, 3.05) is 10.5 Å². The number of fused-ring (bicyclic) bond motifs is 1. The van der Waals surface area contributed by atoms with E-state index in [2.05, 4.69) is 14.8 Å². The van der Waals surface area contributed by atoms with Crippen LogP contribution in [0.2, 0.25) is 5.02 Å². The number of anilines is 1. The van der Waals surface area contributed by atoms with Gasteiger partial charge >= 0.3 is 0 Å². The summed E-state index contributed by atoms with van der Waals surface area (Å²) in [7, 11) is -3.41. The molecular formula is C14H15ClN4O2S2. The molecule has 0 amide bonds. The second kappa shape index (κ2) is 6.46. The summed E-state index contributed by atoms with van der Waals surface area (Å²) in [4.78, 5) is 4.85. The predicted molar refractivity (Wildman–Crippen MR) is 93.6 cm³/mol. The molecule has 0 aliphatic rings. The number of rotatable bonds is 6. The monoisotopic (exact) mass is 370 g/mol. The molecule has 0 spiro atoms. The van der Waals surface area contributed by atoms with Crippen LogP contribution in [0.25, 0.3) is 16.2 Å². The average molecular weight is 371 g/mol. The van der Waals surface area contributed by atoms with Crippen LogP contribution in [0.15, 0.2) is 29.6 Å². The highest BCUT2D eigenvalue weighted by molar-refractivity contribution is 7.92. The van der Waals surface area contributed by atoms with Crippen molar-refractivity contribution in [1.29, 1.82) is 0 Å². The molecule has 0 unspecified atom stereocenters. The fourth-order valence-electron chi connectivity index (χ4n) is 2.07. The quantitative estimate of drug-likeness (QED) is 0.718. The zero-order chi connectivity index (χ0) is 16.4. The molecule has 6 nitrogen and oxygen atoms in total. The first kappa shape index (κ1) is 16.2. The van der Waals surface area contributed by atoms with E-state index in [9.17, 15) is 8.42 Å². The van der Waals surface area contributed by atoms with Gasteiger partial charge in [-0.1, -0.05) is 37.1 Å². The number of unbranched alkanes of at least 4 members (excludes halogenated alkanes) is 1. The number of benzene rings is 1. The Kier molecular flexibility index (Phi) is 4.56. The summed E-state index contributed by atoms with van der Waals surface area (Å²) >= 11 is 7.30. The van der Waals surface area contributed by atoms with Gasteiger partial charge in [0.2, 0.25) is 15.0 Å². The Labute approximate surface area is 143 Å². The number of nitrogens with one attached hydrogen (secondary N) is 1. The zero-order valence-corrected chi connectivity index (χ0v) is 14.7. The molecule has 0 radical (unpaired) electrons. The molecule has 0 atom stereocenters. The van der Waals surface area contributed by atoms with Gasteiger partial charge in [-0.15, -0.1) is 16.4 Å². The third-order valence-corrected chi connectivity index (χ3v) is 5.62. The lowest BCUT2D eigenvalue weighted by Crippen LogP contribution is -2.17. The molecule has 2 aromatic heterocycles. The molecule has 0 aliphatic carbocycles. The molecule has 3 aromatic rings.